The molecule has 1 amide bonds. The summed E-state index contributed by atoms with van der Waals surface area (Å²) in [5.74, 6) is 0.756. The maximum absolute atomic E-state index is 12.1. The van der Waals surface area contributed by atoms with Gasteiger partial charge < -0.3 is 10.2 Å². The third kappa shape index (κ3) is 3.49. The zero-order valence-electron chi connectivity index (χ0n) is 10.3. The number of likely N-dealkylation sites (N-methyl/N-ethyl adjacent to an activating group) is 1. The Morgan fingerprint density at radius 2 is 2.27 bits per heavy atom. The van der Waals surface area contributed by atoms with Gasteiger partial charge in [0.15, 0.2) is 0 Å². The number of unbranched alkanes of at least 4 members (excludes halogenated alkanes) is 1. The van der Waals surface area contributed by atoms with Crippen molar-refractivity contribution in [2.45, 2.75) is 45.6 Å². The van der Waals surface area contributed by atoms with Crippen molar-refractivity contribution in [2.75, 3.05) is 20.1 Å². The van der Waals surface area contributed by atoms with Crippen molar-refractivity contribution >= 4 is 5.91 Å². The molecule has 88 valence electrons. The standard InChI is InChI=1S/C12H24N2O/c1-4-5-9-14(3)12(15)11-10(2)7-6-8-13-11/h10-11,13H,4-9H2,1-3H3. The molecule has 15 heavy (non-hydrogen) atoms. The molecule has 0 aromatic heterocycles. The molecule has 3 heteroatoms. The summed E-state index contributed by atoms with van der Waals surface area (Å²) in [7, 11) is 1.92. The van der Waals surface area contributed by atoms with Crippen LogP contribution >= 0.6 is 0 Å². The van der Waals surface area contributed by atoms with Crippen LogP contribution in [0.25, 0.3) is 0 Å². The molecule has 2 unspecified atom stereocenters. The van der Waals surface area contributed by atoms with Gasteiger partial charge in [-0.25, -0.2) is 0 Å². The molecule has 0 saturated carbocycles. The highest BCUT2D eigenvalue weighted by Gasteiger charge is 2.29. The summed E-state index contributed by atoms with van der Waals surface area (Å²) in [6.45, 7) is 6.20. The number of nitrogens with zero attached hydrogens (tertiary/aromatic N) is 1. The summed E-state index contributed by atoms with van der Waals surface area (Å²) in [5.41, 5.74) is 0. The van der Waals surface area contributed by atoms with Gasteiger partial charge in [-0.05, 0) is 31.7 Å². The van der Waals surface area contributed by atoms with Crippen molar-refractivity contribution in [1.29, 1.82) is 0 Å². The largest absolute Gasteiger partial charge is 0.344 e. The van der Waals surface area contributed by atoms with E-state index < -0.39 is 0 Å². The number of carbonyl (C=O) groups is 1. The second-order valence-corrected chi connectivity index (χ2v) is 4.66. The van der Waals surface area contributed by atoms with Crippen LogP contribution in [0.15, 0.2) is 0 Å². The molecule has 1 rings (SSSR count). The summed E-state index contributed by atoms with van der Waals surface area (Å²) < 4.78 is 0. The van der Waals surface area contributed by atoms with Gasteiger partial charge in [0.25, 0.3) is 0 Å². The molecule has 0 aliphatic carbocycles. The lowest BCUT2D eigenvalue weighted by Gasteiger charge is -2.32. The molecule has 0 bridgehead atoms. The number of nitrogens with one attached hydrogen (secondary N) is 1. The number of hydrogen-bond donors (Lipinski definition) is 1. The van der Waals surface area contributed by atoms with Crippen LogP contribution in [0.3, 0.4) is 0 Å². The SMILES string of the molecule is CCCCN(C)C(=O)C1NCCCC1C. The molecule has 1 fully saturated rings. The zero-order valence-corrected chi connectivity index (χ0v) is 10.3. The van der Waals surface area contributed by atoms with Crippen molar-refractivity contribution in [3.05, 3.63) is 0 Å². The first-order chi connectivity index (χ1) is 7.16. The third-order valence-corrected chi connectivity index (χ3v) is 3.26. The molecule has 1 N–H and O–H groups in total. The maximum atomic E-state index is 12.1. The Morgan fingerprint density at radius 3 is 2.87 bits per heavy atom. The van der Waals surface area contributed by atoms with Crippen LogP contribution < -0.4 is 5.32 Å². The summed E-state index contributed by atoms with van der Waals surface area (Å²) in [6.07, 6.45) is 4.61. The number of amides is 1. The Morgan fingerprint density at radius 1 is 1.53 bits per heavy atom. The minimum atomic E-state index is 0.0561. The maximum Gasteiger partial charge on any atom is 0.239 e. The molecule has 1 heterocycles. The number of rotatable bonds is 4. The molecule has 3 nitrogen and oxygen atoms in total. The fraction of sp³-hybridized carbons (Fsp3) is 0.917. The van der Waals surface area contributed by atoms with E-state index in [0.29, 0.717) is 5.92 Å². The van der Waals surface area contributed by atoms with Crippen LogP contribution in [0.2, 0.25) is 0 Å². The monoisotopic (exact) mass is 212 g/mol. The highest BCUT2D eigenvalue weighted by atomic mass is 16.2. The summed E-state index contributed by atoms with van der Waals surface area (Å²) >= 11 is 0. The first-order valence-electron chi connectivity index (χ1n) is 6.15. The molecule has 0 spiro atoms. The van der Waals surface area contributed by atoms with E-state index in [-0.39, 0.29) is 11.9 Å². The van der Waals surface area contributed by atoms with Crippen LogP contribution in [0.1, 0.15) is 39.5 Å². The van der Waals surface area contributed by atoms with Gasteiger partial charge in [-0.15, -0.1) is 0 Å². The van der Waals surface area contributed by atoms with Crippen LogP contribution in [-0.4, -0.2) is 37.0 Å². The summed E-state index contributed by atoms with van der Waals surface area (Å²) in [6, 6.07) is 0.0561. The quantitative estimate of drug-likeness (QED) is 0.768. The number of piperidine rings is 1. The molecule has 0 aromatic rings. The normalized spacial score (nSPS) is 26.3. The van der Waals surface area contributed by atoms with Gasteiger partial charge in [0.2, 0.25) is 5.91 Å². The van der Waals surface area contributed by atoms with Crippen molar-refractivity contribution in [2.24, 2.45) is 5.92 Å². The number of carbonyl (C=O) groups excluding carboxylic acids is 1. The average molecular weight is 212 g/mol. The lowest BCUT2D eigenvalue weighted by Crippen LogP contribution is -2.51. The zero-order chi connectivity index (χ0) is 11.3. The van der Waals surface area contributed by atoms with E-state index in [9.17, 15) is 4.79 Å². The molecular weight excluding hydrogens is 188 g/mol. The average Bonchev–Trinajstić information content (AvgIpc) is 2.25. The predicted octanol–water partition coefficient (Wildman–Crippen LogP) is 1.63. The van der Waals surface area contributed by atoms with Crippen LogP contribution in [0.5, 0.6) is 0 Å². The van der Waals surface area contributed by atoms with E-state index in [0.717, 1.165) is 25.9 Å². The van der Waals surface area contributed by atoms with Gasteiger partial charge in [0.1, 0.15) is 0 Å². The van der Waals surface area contributed by atoms with Crippen LogP contribution in [-0.2, 0) is 4.79 Å². The fourth-order valence-corrected chi connectivity index (χ4v) is 2.12. The van der Waals surface area contributed by atoms with E-state index in [1.165, 1.54) is 12.8 Å². The van der Waals surface area contributed by atoms with Gasteiger partial charge in [0.05, 0.1) is 6.04 Å². The van der Waals surface area contributed by atoms with Crippen LogP contribution in [0, 0.1) is 5.92 Å². The van der Waals surface area contributed by atoms with Gasteiger partial charge in [-0.1, -0.05) is 20.3 Å². The Bertz CT molecular complexity index is 206. The van der Waals surface area contributed by atoms with Crippen molar-refractivity contribution in [1.82, 2.24) is 10.2 Å². The first-order valence-corrected chi connectivity index (χ1v) is 6.15. The van der Waals surface area contributed by atoms with Crippen molar-refractivity contribution in [3.8, 4) is 0 Å². The van der Waals surface area contributed by atoms with E-state index in [4.69, 9.17) is 0 Å². The predicted molar refractivity (Wildman–Crippen MR) is 62.7 cm³/mol. The second kappa shape index (κ2) is 6.11. The lowest BCUT2D eigenvalue weighted by molar-refractivity contribution is -0.134. The Balaban J connectivity index is 2.43. The van der Waals surface area contributed by atoms with E-state index >= 15 is 0 Å². The molecule has 0 aromatic carbocycles. The molecular formula is C12H24N2O. The van der Waals surface area contributed by atoms with Crippen molar-refractivity contribution < 1.29 is 4.79 Å². The van der Waals surface area contributed by atoms with E-state index in [1.54, 1.807) is 0 Å². The van der Waals surface area contributed by atoms with Gasteiger partial charge in [0, 0.05) is 13.6 Å². The number of hydrogen-bond acceptors (Lipinski definition) is 2. The van der Waals surface area contributed by atoms with Gasteiger partial charge >= 0.3 is 0 Å². The molecule has 1 saturated heterocycles. The topological polar surface area (TPSA) is 32.3 Å². The summed E-state index contributed by atoms with van der Waals surface area (Å²) in [5, 5.41) is 3.33. The molecule has 0 radical (unpaired) electrons. The fourth-order valence-electron chi connectivity index (χ4n) is 2.12. The second-order valence-electron chi connectivity index (χ2n) is 4.66. The molecule has 1 aliphatic rings. The third-order valence-electron chi connectivity index (χ3n) is 3.26. The first kappa shape index (κ1) is 12.5. The molecule has 1 aliphatic heterocycles. The van der Waals surface area contributed by atoms with Gasteiger partial charge in [-0.3, -0.25) is 4.79 Å². The van der Waals surface area contributed by atoms with E-state index in [2.05, 4.69) is 19.2 Å². The smallest absolute Gasteiger partial charge is 0.239 e. The van der Waals surface area contributed by atoms with E-state index in [1.807, 2.05) is 11.9 Å². The Hall–Kier alpha value is -0.570. The van der Waals surface area contributed by atoms with Crippen LogP contribution in [0.4, 0.5) is 0 Å². The summed E-state index contributed by atoms with van der Waals surface area (Å²) in [4.78, 5) is 14.0. The minimum absolute atomic E-state index is 0.0561. The Kier molecular flexibility index (Phi) is 5.09. The Labute approximate surface area is 93.2 Å². The lowest BCUT2D eigenvalue weighted by atomic mass is 9.92. The highest BCUT2D eigenvalue weighted by Crippen LogP contribution is 2.17. The molecule has 2 atom stereocenters. The minimum Gasteiger partial charge on any atom is -0.344 e. The van der Waals surface area contributed by atoms with Gasteiger partial charge in [-0.2, -0.15) is 0 Å². The van der Waals surface area contributed by atoms with Crippen molar-refractivity contribution in [3.63, 3.8) is 0 Å². The highest BCUT2D eigenvalue weighted by molar-refractivity contribution is 5.82.